The van der Waals surface area contributed by atoms with Crippen molar-refractivity contribution in [3.05, 3.63) is 46.0 Å². The third-order valence-corrected chi connectivity index (χ3v) is 7.76. The van der Waals surface area contributed by atoms with E-state index in [2.05, 4.69) is 15.8 Å². The topological polar surface area (TPSA) is 112 Å². The van der Waals surface area contributed by atoms with Crippen LogP contribution in [0.4, 0.5) is 5.00 Å². The van der Waals surface area contributed by atoms with E-state index in [1.807, 2.05) is 0 Å². The molecule has 1 aromatic carbocycles. The molecule has 0 radical (unpaired) electrons. The second-order valence-corrected chi connectivity index (χ2v) is 9.97. The first-order valence-corrected chi connectivity index (χ1v) is 12.9. The molecule has 9 nitrogen and oxygen atoms in total. The van der Waals surface area contributed by atoms with E-state index in [1.165, 1.54) is 11.3 Å². The molecule has 3 aromatic rings. The molecule has 5 rings (SSSR count). The van der Waals surface area contributed by atoms with Gasteiger partial charge >= 0.3 is 0 Å². The molecule has 2 aliphatic rings. The fourth-order valence-electron chi connectivity index (χ4n) is 4.67. The zero-order chi connectivity index (χ0) is 25.1. The molecule has 0 unspecified atom stereocenters. The molecular weight excluding hydrogens is 482 g/mol. The molecule has 2 amide bonds. The van der Waals surface area contributed by atoms with Crippen molar-refractivity contribution in [2.24, 2.45) is 0 Å². The Kier molecular flexibility index (Phi) is 7.24. The molecule has 2 aromatic heterocycles. The molecule has 190 valence electrons. The van der Waals surface area contributed by atoms with Crippen LogP contribution in [0.1, 0.15) is 57.0 Å². The summed E-state index contributed by atoms with van der Waals surface area (Å²) >= 11 is 1.47. The Hall–Kier alpha value is -3.37. The number of carbonyl (C=O) groups excluding carboxylic acids is 2. The smallest absolute Gasteiger partial charge is 0.278 e. The van der Waals surface area contributed by atoms with Crippen molar-refractivity contribution in [1.82, 2.24) is 10.5 Å². The van der Waals surface area contributed by atoms with Crippen molar-refractivity contribution in [2.45, 2.75) is 44.6 Å². The molecule has 36 heavy (non-hydrogen) atoms. The highest BCUT2D eigenvalue weighted by Crippen LogP contribution is 2.39. The van der Waals surface area contributed by atoms with Crippen LogP contribution in [-0.2, 0) is 17.6 Å². The summed E-state index contributed by atoms with van der Waals surface area (Å²) < 4.78 is 21.7. The number of anilines is 1. The highest BCUT2D eigenvalue weighted by Gasteiger charge is 2.28. The lowest BCUT2D eigenvalue weighted by molar-refractivity contribution is 0.0858. The number of aryl methyl sites for hydroxylation is 1. The molecule has 3 heterocycles. The monoisotopic (exact) mass is 511 g/mol. The molecule has 0 spiro atoms. The minimum absolute atomic E-state index is 0.0478. The molecule has 1 aliphatic carbocycles. The Morgan fingerprint density at radius 2 is 1.92 bits per heavy atom. The third-order valence-electron chi connectivity index (χ3n) is 6.55. The maximum Gasteiger partial charge on any atom is 0.278 e. The van der Waals surface area contributed by atoms with Crippen LogP contribution in [0.2, 0.25) is 0 Å². The van der Waals surface area contributed by atoms with Crippen LogP contribution < -0.4 is 20.1 Å². The van der Waals surface area contributed by atoms with Gasteiger partial charge in [0, 0.05) is 29.7 Å². The SMILES string of the molecule is COc1ccc(-c2cc(C(=O)Nc3sc4c(c3C(=O)NC[C@H]3CCCO3)CCCC4)no2)cc1OC. The fraction of sp³-hybridized carbons (Fsp3) is 0.423. The van der Waals surface area contributed by atoms with E-state index in [0.29, 0.717) is 39.9 Å². The summed E-state index contributed by atoms with van der Waals surface area (Å²) in [6.07, 6.45) is 5.86. The van der Waals surface area contributed by atoms with Gasteiger partial charge in [0.25, 0.3) is 11.8 Å². The number of fused-ring (bicyclic) bond motifs is 1. The molecule has 10 heteroatoms. The van der Waals surface area contributed by atoms with Gasteiger partial charge in [-0.05, 0) is 62.3 Å². The third kappa shape index (κ3) is 4.96. The van der Waals surface area contributed by atoms with E-state index in [1.54, 1.807) is 38.5 Å². The quantitative estimate of drug-likeness (QED) is 0.459. The normalized spacial score (nSPS) is 16.9. The number of aromatic nitrogens is 1. The van der Waals surface area contributed by atoms with Crippen LogP contribution in [0.3, 0.4) is 0 Å². The molecule has 1 saturated heterocycles. The number of hydrogen-bond donors (Lipinski definition) is 2. The summed E-state index contributed by atoms with van der Waals surface area (Å²) in [6, 6.07) is 6.88. The molecule has 0 saturated carbocycles. The summed E-state index contributed by atoms with van der Waals surface area (Å²) in [7, 11) is 3.11. The minimum atomic E-state index is -0.433. The van der Waals surface area contributed by atoms with E-state index in [-0.39, 0.29) is 17.7 Å². The van der Waals surface area contributed by atoms with Crippen LogP contribution in [0.25, 0.3) is 11.3 Å². The van der Waals surface area contributed by atoms with E-state index in [4.69, 9.17) is 18.7 Å². The Morgan fingerprint density at radius 3 is 2.69 bits per heavy atom. The Morgan fingerprint density at radius 1 is 1.08 bits per heavy atom. The van der Waals surface area contributed by atoms with Gasteiger partial charge in [-0.3, -0.25) is 9.59 Å². The number of hydrogen-bond acceptors (Lipinski definition) is 8. The van der Waals surface area contributed by atoms with Gasteiger partial charge < -0.3 is 29.4 Å². The first kappa shape index (κ1) is 24.3. The van der Waals surface area contributed by atoms with Gasteiger partial charge in [-0.2, -0.15) is 0 Å². The van der Waals surface area contributed by atoms with Crippen LogP contribution in [0.15, 0.2) is 28.8 Å². The standard InChI is InChI=1S/C26H29N3O6S/c1-32-19-10-9-15(12-21(19)33-2)20-13-18(29-35-20)24(30)28-26-23(17-7-3-4-8-22(17)36-26)25(31)27-14-16-6-5-11-34-16/h9-10,12-13,16H,3-8,11,14H2,1-2H3,(H,27,31)(H,28,30)/t16-/m1/s1. The molecule has 1 fully saturated rings. The summed E-state index contributed by atoms with van der Waals surface area (Å²) in [5.74, 6) is 0.940. The van der Waals surface area contributed by atoms with Crippen LogP contribution in [-0.4, -0.2) is 50.4 Å². The zero-order valence-corrected chi connectivity index (χ0v) is 21.2. The van der Waals surface area contributed by atoms with E-state index >= 15 is 0 Å². The summed E-state index contributed by atoms with van der Waals surface area (Å²) in [4.78, 5) is 27.5. The summed E-state index contributed by atoms with van der Waals surface area (Å²) in [6.45, 7) is 1.20. The lowest BCUT2D eigenvalue weighted by atomic mass is 9.95. The van der Waals surface area contributed by atoms with Gasteiger partial charge in [-0.25, -0.2) is 0 Å². The Labute approximate surface area is 213 Å². The predicted molar refractivity (Wildman–Crippen MR) is 135 cm³/mol. The highest BCUT2D eigenvalue weighted by molar-refractivity contribution is 7.17. The number of rotatable bonds is 8. The molecule has 0 bridgehead atoms. The van der Waals surface area contributed by atoms with Gasteiger partial charge in [0.05, 0.1) is 25.9 Å². The lowest BCUT2D eigenvalue weighted by Crippen LogP contribution is -2.32. The number of thiophene rings is 1. The first-order valence-electron chi connectivity index (χ1n) is 12.1. The number of ether oxygens (including phenoxy) is 3. The van der Waals surface area contributed by atoms with Crippen molar-refractivity contribution in [2.75, 3.05) is 32.7 Å². The maximum absolute atomic E-state index is 13.2. The van der Waals surface area contributed by atoms with E-state index in [9.17, 15) is 9.59 Å². The van der Waals surface area contributed by atoms with Gasteiger partial charge in [-0.15, -0.1) is 11.3 Å². The van der Waals surface area contributed by atoms with Crippen molar-refractivity contribution in [1.29, 1.82) is 0 Å². The number of nitrogens with zero attached hydrogens (tertiary/aromatic N) is 1. The molecule has 2 N–H and O–H groups in total. The second-order valence-electron chi connectivity index (χ2n) is 8.86. The van der Waals surface area contributed by atoms with Crippen LogP contribution in [0.5, 0.6) is 11.5 Å². The average molecular weight is 512 g/mol. The second kappa shape index (κ2) is 10.7. The molecule has 1 atom stereocenters. The van der Waals surface area contributed by atoms with Crippen molar-refractivity contribution >= 4 is 28.2 Å². The first-order chi connectivity index (χ1) is 17.6. The van der Waals surface area contributed by atoms with Gasteiger partial charge in [0.15, 0.2) is 23.0 Å². The maximum atomic E-state index is 13.2. The summed E-state index contributed by atoms with van der Waals surface area (Å²) in [5, 5.41) is 10.4. The van der Waals surface area contributed by atoms with Crippen LogP contribution in [0, 0.1) is 0 Å². The number of methoxy groups -OCH3 is 2. The molecular formula is C26H29N3O6S. The fourth-order valence-corrected chi connectivity index (χ4v) is 5.95. The van der Waals surface area contributed by atoms with Gasteiger partial charge in [0.2, 0.25) is 0 Å². The largest absolute Gasteiger partial charge is 0.493 e. The number of benzene rings is 1. The van der Waals surface area contributed by atoms with Gasteiger partial charge in [0.1, 0.15) is 5.00 Å². The van der Waals surface area contributed by atoms with Gasteiger partial charge in [-0.1, -0.05) is 5.16 Å². The van der Waals surface area contributed by atoms with E-state index in [0.717, 1.165) is 55.6 Å². The Balaban J connectivity index is 1.35. The van der Waals surface area contributed by atoms with Crippen molar-refractivity contribution in [3.63, 3.8) is 0 Å². The Bertz CT molecular complexity index is 1260. The predicted octanol–water partition coefficient (Wildman–Crippen LogP) is 4.46. The zero-order valence-electron chi connectivity index (χ0n) is 20.3. The number of carbonyl (C=O) groups is 2. The molecule has 1 aliphatic heterocycles. The van der Waals surface area contributed by atoms with Crippen LogP contribution >= 0.6 is 11.3 Å². The lowest BCUT2D eigenvalue weighted by Gasteiger charge is -2.15. The highest BCUT2D eigenvalue weighted by atomic mass is 32.1. The number of nitrogens with one attached hydrogen (secondary N) is 2. The summed E-state index contributed by atoms with van der Waals surface area (Å²) in [5.41, 5.74) is 2.42. The van der Waals surface area contributed by atoms with Crippen molar-refractivity contribution in [3.8, 4) is 22.8 Å². The average Bonchev–Trinajstić information content (AvgIpc) is 3.66. The van der Waals surface area contributed by atoms with Crippen molar-refractivity contribution < 1.29 is 28.3 Å². The number of amides is 2. The van der Waals surface area contributed by atoms with E-state index < -0.39 is 5.91 Å². The minimum Gasteiger partial charge on any atom is -0.493 e.